The van der Waals surface area contributed by atoms with E-state index in [-0.39, 0.29) is 12.1 Å². The van der Waals surface area contributed by atoms with Gasteiger partial charge >= 0.3 is 5.97 Å². The summed E-state index contributed by atoms with van der Waals surface area (Å²) >= 11 is 0. The van der Waals surface area contributed by atoms with Crippen LogP contribution in [0, 0.1) is 5.82 Å². The zero-order valence-corrected chi connectivity index (χ0v) is 12.3. The van der Waals surface area contributed by atoms with Gasteiger partial charge in [0.2, 0.25) is 0 Å². The Balaban J connectivity index is 1.94. The van der Waals surface area contributed by atoms with Gasteiger partial charge in [-0.15, -0.1) is 0 Å². The fraction of sp³-hybridized carbons (Fsp3) is 0.176. The van der Waals surface area contributed by atoms with Crippen molar-refractivity contribution in [3.8, 4) is 5.75 Å². The number of rotatable bonds is 4. The monoisotopic (exact) mass is 315 g/mol. The van der Waals surface area contributed by atoms with Gasteiger partial charge in [-0.3, -0.25) is 4.79 Å². The van der Waals surface area contributed by atoms with Gasteiger partial charge < -0.3 is 14.7 Å². The summed E-state index contributed by atoms with van der Waals surface area (Å²) in [6, 6.07) is 9.48. The van der Waals surface area contributed by atoms with E-state index in [0.717, 1.165) is 11.6 Å². The van der Waals surface area contributed by atoms with Crippen LogP contribution < -0.4 is 4.74 Å². The Labute approximate surface area is 131 Å². The highest BCUT2D eigenvalue weighted by Crippen LogP contribution is 2.35. The molecule has 0 aliphatic carbocycles. The van der Waals surface area contributed by atoms with Crippen molar-refractivity contribution < 1.29 is 23.8 Å². The number of amides is 1. The van der Waals surface area contributed by atoms with Gasteiger partial charge in [-0.25, -0.2) is 9.18 Å². The van der Waals surface area contributed by atoms with E-state index in [1.54, 1.807) is 31.4 Å². The lowest BCUT2D eigenvalue weighted by Crippen LogP contribution is -2.32. The molecule has 1 N–H and O–H groups in total. The van der Waals surface area contributed by atoms with E-state index in [2.05, 4.69) is 0 Å². The third kappa shape index (κ3) is 2.63. The van der Waals surface area contributed by atoms with E-state index in [9.17, 15) is 19.1 Å². The molecule has 1 aliphatic rings. The summed E-state index contributed by atoms with van der Waals surface area (Å²) in [6.07, 6.45) is 0. The number of carboxylic acid groups (broad SMARTS) is 1. The molecule has 0 aromatic heterocycles. The highest BCUT2D eigenvalue weighted by Gasteiger charge is 2.41. The molecular formula is C17H14FNO4. The van der Waals surface area contributed by atoms with Crippen LogP contribution in [-0.4, -0.2) is 29.0 Å². The average molecular weight is 315 g/mol. The van der Waals surface area contributed by atoms with E-state index in [1.807, 2.05) is 0 Å². The topological polar surface area (TPSA) is 66.8 Å². The number of carbonyl (C=O) groups is 2. The Morgan fingerprint density at radius 2 is 1.96 bits per heavy atom. The second-order valence-electron chi connectivity index (χ2n) is 5.25. The molecule has 1 amide bonds. The fourth-order valence-corrected chi connectivity index (χ4v) is 2.75. The molecule has 0 saturated carbocycles. The second kappa shape index (κ2) is 5.72. The number of nitrogens with zero attached hydrogens (tertiary/aromatic N) is 1. The van der Waals surface area contributed by atoms with Crippen molar-refractivity contribution in [1.82, 2.24) is 4.90 Å². The summed E-state index contributed by atoms with van der Waals surface area (Å²) in [4.78, 5) is 25.3. The van der Waals surface area contributed by atoms with Gasteiger partial charge in [0.05, 0.1) is 7.11 Å². The minimum atomic E-state index is -1.14. The first-order valence-corrected chi connectivity index (χ1v) is 6.97. The van der Waals surface area contributed by atoms with Crippen LogP contribution >= 0.6 is 0 Å². The molecule has 2 aromatic rings. The quantitative estimate of drug-likeness (QED) is 0.942. The molecule has 23 heavy (non-hydrogen) atoms. The van der Waals surface area contributed by atoms with Crippen LogP contribution in [0.5, 0.6) is 5.75 Å². The molecule has 0 fully saturated rings. The lowest BCUT2D eigenvalue weighted by molar-refractivity contribution is -0.142. The lowest BCUT2D eigenvalue weighted by atomic mass is 10.0. The van der Waals surface area contributed by atoms with Crippen molar-refractivity contribution >= 4 is 11.9 Å². The lowest BCUT2D eigenvalue weighted by Gasteiger charge is -2.22. The van der Waals surface area contributed by atoms with Crippen molar-refractivity contribution in [2.24, 2.45) is 0 Å². The Hall–Kier alpha value is -2.89. The Kier molecular flexibility index (Phi) is 3.73. The van der Waals surface area contributed by atoms with Crippen molar-refractivity contribution in [3.63, 3.8) is 0 Å². The van der Waals surface area contributed by atoms with Crippen LogP contribution in [0.4, 0.5) is 4.39 Å². The second-order valence-corrected chi connectivity index (χ2v) is 5.25. The molecule has 0 bridgehead atoms. The number of hydrogen-bond donors (Lipinski definition) is 1. The zero-order valence-electron chi connectivity index (χ0n) is 12.3. The summed E-state index contributed by atoms with van der Waals surface area (Å²) in [7, 11) is 1.55. The number of benzene rings is 2. The van der Waals surface area contributed by atoms with E-state index < -0.39 is 23.7 Å². The number of hydrogen-bond acceptors (Lipinski definition) is 3. The van der Waals surface area contributed by atoms with Gasteiger partial charge in [0.25, 0.3) is 5.91 Å². The third-order valence-corrected chi connectivity index (χ3v) is 3.86. The number of carbonyl (C=O) groups excluding carboxylic acids is 1. The first-order chi connectivity index (χ1) is 11.0. The zero-order chi connectivity index (χ0) is 16.6. The molecule has 118 valence electrons. The van der Waals surface area contributed by atoms with Crippen LogP contribution in [0.2, 0.25) is 0 Å². The first kappa shape index (κ1) is 15.0. The number of aliphatic carboxylic acids is 1. The van der Waals surface area contributed by atoms with Crippen LogP contribution in [0.25, 0.3) is 0 Å². The standard InChI is InChI=1S/C17H14FNO4/c1-23-12-5-2-10(3-6-12)9-19-15(17(21)22)13-7-4-11(18)8-14(13)16(19)20/h2-8,15H,9H2,1H3,(H,21,22). The SMILES string of the molecule is COc1ccc(CN2C(=O)c3cc(F)ccc3C2C(=O)O)cc1. The maximum Gasteiger partial charge on any atom is 0.331 e. The Bertz CT molecular complexity index is 773. The molecule has 0 radical (unpaired) electrons. The van der Waals surface area contributed by atoms with Gasteiger partial charge in [0.15, 0.2) is 6.04 Å². The number of methoxy groups -OCH3 is 1. The van der Waals surface area contributed by atoms with Crippen molar-refractivity contribution in [2.45, 2.75) is 12.6 Å². The van der Waals surface area contributed by atoms with Crippen LogP contribution in [0.3, 0.4) is 0 Å². The van der Waals surface area contributed by atoms with Gasteiger partial charge in [0.1, 0.15) is 11.6 Å². The Morgan fingerprint density at radius 3 is 2.57 bits per heavy atom. The first-order valence-electron chi connectivity index (χ1n) is 6.97. The van der Waals surface area contributed by atoms with Crippen molar-refractivity contribution in [2.75, 3.05) is 7.11 Å². The van der Waals surface area contributed by atoms with Crippen molar-refractivity contribution in [1.29, 1.82) is 0 Å². The minimum Gasteiger partial charge on any atom is -0.497 e. The summed E-state index contributed by atoms with van der Waals surface area (Å²) in [5, 5.41) is 9.47. The van der Waals surface area contributed by atoms with Gasteiger partial charge in [0, 0.05) is 12.1 Å². The van der Waals surface area contributed by atoms with Gasteiger partial charge in [-0.1, -0.05) is 18.2 Å². The van der Waals surface area contributed by atoms with E-state index in [4.69, 9.17) is 4.74 Å². The molecule has 3 rings (SSSR count). The molecule has 0 spiro atoms. The molecule has 6 heteroatoms. The number of ether oxygens (including phenoxy) is 1. The normalized spacial score (nSPS) is 16.3. The van der Waals surface area contributed by atoms with Gasteiger partial charge in [-0.2, -0.15) is 0 Å². The number of carboxylic acids is 1. The van der Waals surface area contributed by atoms with Crippen LogP contribution in [0.15, 0.2) is 42.5 Å². The average Bonchev–Trinajstić information content (AvgIpc) is 2.81. The number of fused-ring (bicyclic) bond motifs is 1. The van der Waals surface area contributed by atoms with E-state index in [0.29, 0.717) is 11.3 Å². The predicted octanol–water partition coefficient (Wildman–Crippen LogP) is 2.62. The summed E-state index contributed by atoms with van der Waals surface area (Å²) in [5.74, 6) is -1.52. The number of halogens is 1. The van der Waals surface area contributed by atoms with Gasteiger partial charge in [-0.05, 0) is 35.4 Å². The molecular weight excluding hydrogens is 301 g/mol. The maximum atomic E-state index is 13.4. The predicted molar refractivity (Wildman–Crippen MR) is 79.6 cm³/mol. The third-order valence-electron chi connectivity index (χ3n) is 3.86. The van der Waals surface area contributed by atoms with E-state index in [1.165, 1.54) is 17.0 Å². The molecule has 2 aromatic carbocycles. The summed E-state index contributed by atoms with van der Waals surface area (Å²) in [6.45, 7) is 0.121. The fourth-order valence-electron chi connectivity index (χ4n) is 2.75. The maximum absolute atomic E-state index is 13.4. The molecule has 0 saturated heterocycles. The van der Waals surface area contributed by atoms with E-state index >= 15 is 0 Å². The molecule has 5 nitrogen and oxygen atoms in total. The molecule has 1 unspecified atom stereocenters. The molecule has 1 heterocycles. The highest BCUT2D eigenvalue weighted by molar-refractivity contribution is 6.03. The van der Waals surface area contributed by atoms with Crippen LogP contribution in [-0.2, 0) is 11.3 Å². The molecule has 1 atom stereocenters. The highest BCUT2D eigenvalue weighted by atomic mass is 19.1. The van der Waals surface area contributed by atoms with Crippen LogP contribution in [0.1, 0.15) is 27.5 Å². The largest absolute Gasteiger partial charge is 0.497 e. The minimum absolute atomic E-state index is 0.103. The summed E-state index contributed by atoms with van der Waals surface area (Å²) < 4.78 is 18.4. The van der Waals surface area contributed by atoms with Crippen molar-refractivity contribution in [3.05, 3.63) is 65.0 Å². The molecule has 1 aliphatic heterocycles. The Morgan fingerprint density at radius 1 is 1.26 bits per heavy atom. The smallest absolute Gasteiger partial charge is 0.331 e. The summed E-state index contributed by atoms with van der Waals surface area (Å²) in [5.41, 5.74) is 1.18.